The summed E-state index contributed by atoms with van der Waals surface area (Å²) in [7, 11) is 0. The third kappa shape index (κ3) is 5.07. The molecule has 100 valence electrons. The molecule has 1 rings (SSSR count). The Bertz CT molecular complexity index is 238. The summed E-state index contributed by atoms with van der Waals surface area (Å²) in [6, 6.07) is 0.317. The summed E-state index contributed by atoms with van der Waals surface area (Å²) < 4.78 is 5.64. The maximum Gasteiger partial charge on any atom is 0.222 e. The molecule has 1 heterocycles. The van der Waals surface area contributed by atoms with Crippen LogP contribution in [0.2, 0.25) is 0 Å². The van der Waals surface area contributed by atoms with Crippen LogP contribution in [-0.4, -0.2) is 36.1 Å². The Morgan fingerprint density at radius 2 is 2.06 bits per heavy atom. The normalized spacial score (nSPS) is 20.6. The van der Waals surface area contributed by atoms with Gasteiger partial charge in [-0.2, -0.15) is 0 Å². The Morgan fingerprint density at radius 3 is 2.65 bits per heavy atom. The van der Waals surface area contributed by atoms with Gasteiger partial charge in [-0.15, -0.1) is 0 Å². The standard InChI is InChI=1S/C14H27NO2/c1-11(2)7-8-14(16)15-9-5-6-13(15)10-17-12(3)4/h11-13H,5-10H2,1-4H3. The molecule has 0 aromatic heterocycles. The van der Waals surface area contributed by atoms with Crippen molar-refractivity contribution >= 4 is 5.91 Å². The van der Waals surface area contributed by atoms with E-state index in [0.29, 0.717) is 30.9 Å². The first-order valence-corrected chi connectivity index (χ1v) is 6.91. The van der Waals surface area contributed by atoms with E-state index >= 15 is 0 Å². The first-order chi connectivity index (χ1) is 8.00. The number of carbonyl (C=O) groups is 1. The summed E-state index contributed by atoms with van der Waals surface area (Å²) in [6.07, 6.45) is 4.16. The van der Waals surface area contributed by atoms with E-state index in [1.54, 1.807) is 0 Å². The molecule has 0 N–H and O–H groups in total. The van der Waals surface area contributed by atoms with Crippen molar-refractivity contribution in [1.82, 2.24) is 4.90 Å². The molecule has 1 unspecified atom stereocenters. The SMILES string of the molecule is CC(C)CCC(=O)N1CCCC1COC(C)C. The highest BCUT2D eigenvalue weighted by molar-refractivity contribution is 5.76. The molecule has 0 aliphatic carbocycles. The monoisotopic (exact) mass is 241 g/mol. The first kappa shape index (κ1) is 14.5. The molecule has 1 aliphatic heterocycles. The molecule has 0 aromatic rings. The van der Waals surface area contributed by atoms with Gasteiger partial charge in [-0.05, 0) is 39.0 Å². The van der Waals surface area contributed by atoms with E-state index in [4.69, 9.17) is 4.74 Å². The number of carbonyl (C=O) groups excluding carboxylic acids is 1. The number of hydrogen-bond donors (Lipinski definition) is 0. The zero-order valence-corrected chi connectivity index (χ0v) is 11.7. The predicted octanol–water partition coefficient (Wildman–Crippen LogP) is 2.84. The van der Waals surface area contributed by atoms with Crippen molar-refractivity contribution in [1.29, 1.82) is 0 Å². The molecule has 1 saturated heterocycles. The molecule has 1 fully saturated rings. The van der Waals surface area contributed by atoms with Gasteiger partial charge >= 0.3 is 0 Å². The molecule has 1 atom stereocenters. The third-order valence-corrected chi connectivity index (χ3v) is 3.25. The second-order valence-electron chi connectivity index (χ2n) is 5.70. The van der Waals surface area contributed by atoms with Crippen molar-refractivity contribution in [3.63, 3.8) is 0 Å². The van der Waals surface area contributed by atoms with Gasteiger partial charge in [-0.3, -0.25) is 4.79 Å². The van der Waals surface area contributed by atoms with Gasteiger partial charge in [0.2, 0.25) is 5.91 Å². The van der Waals surface area contributed by atoms with Crippen LogP contribution in [0.3, 0.4) is 0 Å². The topological polar surface area (TPSA) is 29.5 Å². The summed E-state index contributed by atoms with van der Waals surface area (Å²) in [5, 5.41) is 0. The number of ether oxygens (including phenoxy) is 1. The average molecular weight is 241 g/mol. The highest BCUT2D eigenvalue weighted by Gasteiger charge is 2.28. The Kier molecular flexibility index (Phi) is 5.96. The van der Waals surface area contributed by atoms with Crippen molar-refractivity contribution in [2.24, 2.45) is 5.92 Å². The van der Waals surface area contributed by atoms with Crippen LogP contribution in [0, 0.1) is 5.92 Å². The van der Waals surface area contributed by atoms with Gasteiger partial charge in [0.05, 0.1) is 18.8 Å². The second kappa shape index (κ2) is 7.00. The lowest BCUT2D eigenvalue weighted by Gasteiger charge is -2.25. The minimum absolute atomic E-state index is 0.253. The third-order valence-electron chi connectivity index (χ3n) is 3.25. The number of likely N-dealkylation sites (tertiary alicyclic amines) is 1. The highest BCUT2D eigenvalue weighted by Crippen LogP contribution is 2.20. The lowest BCUT2D eigenvalue weighted by atomic mass is 10.1. The largest absolute Gasteiger partial charge is 0.377 e. The molecule has 1 aliphatic rings. The summed E-state index contributed by atoms with van der Waals surface area (Å²) in [4.78, 5) is 14.1. The van der Waals surface area contributed by atoms with Crippen LogP contribution >= 0.6 is 0 Å². The van der Waals surface area contributed by atoms with E-state index < -0.39 is 0 Å². The van der Waals surface area contributed by atoms with Crippen molar-refractivity contribution in [2.45, 2.75) is 65.5 Å². The summed E-state index contributed by atoms with van der Waals surface area (Å²) in [5.74, 6) is 0.917. The number of rotatable bonds is 6. The van der Waals surface area contributed by atoms with E-state index in [2.05, 4.69) is 13.8 Å². The smallest absolute Gasteiger partial charge is 0.222 e. The summed E-state index contributed by atoms with van der Waals surface area (Å²) >= 11 is 0. The summed E-state index contributed by atoms with van der Waals surface area (Å²) in [5.41, 5.74) is 0. The molecule has 0 radical (unpaired) electrons. The Morgan fingerprint density at radius 1 is 1.35 bits per heavy atom. The molecular weight excluding hydrogens is 214 g/mol. The van der Waals surface area contributed by atoms with Crippen LogP contribution in [0.5, 0.6) is 0 Å². The fraction of sp³-hybridized carbons (Fsp3) is 0.929. The fourth-order valence-corrected chi connectivity index (χ4v) is 2.20. The number of hydrogen-bond acceptors (Lipinski definition) is 2. The highest BCUT2D eigenvalue weighted by atomic mass is 16.5. The Labute approximate surface area is 106 Å². The number of amides is 1. The molecular formula is C14H27NO2. The maximum atomic E-state index is 12.1. The van der Waals surface area contributed by atoms with Crippen molar-refractivity contribution in [3.8, 4) is 0 Å². The molecule has 17 heavy (non-hydrogen) atoms. The molecule has 3 nitrogen and oxygen atoms in total. The minimum Gasteiger partial charge on any atom is -0.377 e. The van der Waals surface area contributed by atoms with E-state index in [9.17, 15) is 4.79 Å². The lowest BCUT2D eigenvalue weighted by molar-refractivity contribution is -0.133. The van der Waals surface area contributed by atoms with E-state index in [0.717, 1.165) is 25.8 Å². The quantitative estimate of drug-likeness (QED) is 0.715. The van der Waals surface area contributed by atoms with Crippen LogP contribution < -0.4 is 0 Å². The van der Waals surface area contributed by atoms with Gasteiger partial charge in [0.25, 0.3) is 0 Å². The predicted molar refractivity (Wildman–Crippen MR) is 69.9 cm³/mol. The average Bonchev–Trinajstić information content (AvgIpc) is 2.71. The van der Waals surface area contributed by atoms with Crippen LogP contribution in [-0.2, 0) is 9.53 Å². The lowest BCUT2D eigenvalue weighted by Crippen LogP contribution is -2.38. The molecule has 0 aromatic carbocycles. The zero-order valence-electron chi connectivity index (χ0n) is 11.7. The van der Waals surface area contributed by atoms with Gasteiger partial charge in [-0.25, -0.2) is 0 Å². The molecule has 0 saturated carbocycles. The maximum absolute atomic E-state index is 12.1. The molecule has 0 spiro atoms. The van der Waals surface area contributed by atoms with Crippen LogP contribution in [0.4, 0.5) is 0 Å². The van der Waals surface area contributed by atoms with Gasteiger partial charge in [0.15, 0.2) is 0 Å². The fourth-order valence-electron chi connectivity index (χ4n) is 2.20. The second-order valence-corrected chi connectivity index (χ2v) is 5.70. The summed E-state index contributed by atoms with van der Waals surface area (Å²) in [6.45, 7) is 10.0. The zero-order chi connectivity index (χ0) is 12.8. The van der Waals surface area contributed by atoms with Gasteiger partial charge in [-0.1, -0.05) is 13.8 Å². The van der Waals surface area contributed by atoms with Gasteiger partial charge in [0.1, 0.15) is 0 Å². The van der Waals surface area contributed by atoms with Crippen molar-refractivity contribution in [3.05, 3.63) is 0 Å². The Balaban J connectivity index is 2.37. The molecule has 0 bridgehead atoms. The van der Waals surface area contributed by atoms with Gasteiger partial charge < -0.3 is 9.64 Å². The van der Waals surface area contributed by atoms with Crippen molar-refractivity contribution < 1.29 is 9.53 Å². The van der Waals surface area contributed by atoms with Crippen LogP contribution in [0.25, 0.3) is 0 Å². The molecule has 1 amide bonds. The minimum atomic E-state index is 0.253. The Hall–Kier alpha value is -0.570. The van der Waals surface area contributed by atoms with Crippen LogP contribution in [0.15, 0.2) is 0 Å². The number of nitrogens with zero attached hydrogens (tertiary/aromatic N) is 1. The van der Waals surface area contributed by atoms with Gasteiger partial charge in [0, 0.05) is 13.0 Å². The van der Waals surface area contributed by atoms with Crippen molar-refractivity contribution in [2.75, 3.05) is 13.2 Å². The van der Waals surface area contributed by atoms with E-state index in [1.807, 2.05) is 18.7 Å². The first-order valence-electron chi connectivity index (χ1n) is 6.91. The van der Waals surface area contributed by atoms with E-state index in [1.165, 1.54) is 0 Å². The molecule has 3 heteroatoms. The van der Waals surface area contributed by atoms with E-state index in [-0.39, 0.29) is 6.10 Å². The van der Waals surface area contributed by atoms with Crippen LogP contribution in [0.1, 0.15) is 53.4 Å².